The van der Waals surface area contributed by atoms with Gasteiger partial charge in [-0.05, 0) is 42.5 Å². The molecule has 0 spiro atoms. The molecule has 0 bridgehead atoms. The van der Waals surface area contributed by atoms with E-state index in [2.05, 4.69) is 15.4 Å². The summed E-state index contributed by atoms with van der Waals surface area (Å²) < 4.78 is 16.6. The van der Waals surface area contributed by atoms with Gasteiger partial charge in [0.15, 0.2) is 11.4 Å². The molecule has 0 fully saturated rings. The Bertz CT molecular complexity index is 1180. The van der Waals surface area contributed by atoms with Crippen LogP contribution in [-0.2, 0) is 23.1 Å². The van der Waals surface area contributed by atoms with Crippen LogP contribution in [0.15, 0.2) is 42.5 Å². The number of aromatic nitrogens is 4. The lowest BCUT2D eigenvalue weighted by Gasteiger charge is -2.48. The van der Waals surface area contributed by atoms with Crippen LogP contribution in [0.1, 0.15) is 34.7 Å². The van der Waals surface area contributed by atoms with Crippen LogP contribution in [0.2, 0.25) is 0 Å². The Morgan fingerprint density at radius 3 is 2.74 bits per heavy atom. The Kier molecular flexibility index (Phi) is 6.40. The minimum absolute atomic E-state index is 0.129. The van der Waals surface area contributed by atoms with Gasteiger partial charge in [0.1, 0.15) is 11.9 Å². The maximum atomic E-state index is 12.7. The molecule has 3 aromatic rings. The number of ether oxygens (including phenoxy) is 3. The molecule has 1 aromatic heterocycles. The summed E-state index contributed by atoms with van der Waals surface area (Å²) in [6.45, 7) is 2.05. The summed E-state index contributed by atoms with van der Waals surface area (Å²) in [5.41, 5.74) is 7.05. The average Bonchev–Trinajstić information content (AvgIpc) is 3.23. The molecular weight excluding hydrogens is 440 g/mol. The van der Waals surface area contributed by atoms with Gasteiger partial charge in [-0.3, -0.25) is 0 Å². The standard InChI is InChI=1S/C23H28N6O5/c1-23(13-32-3)21(30)20(16-11-14(24)9-10-18(16)34-23)29(12-19-25-27-28(2)26-19)17-8-6-5-7-15(17)22(31)33-4/h5-11,20-21,30H,12-13,24H2,1-4H3. The van der Waals surface area contributed by atoms with Crippen LogP contribution in [0, 0.1) is 0 Å². The molecule has 2 aromatic carbocycles. The maximum Gasteiger partial charge on any atom is 0.339 e. The summed E-state index contributed by atoms with van der Waals surface area (Å²) in [5, 5.41) is 24.1. The highest BCUT2D eigenvalue weighted by Crippen LogP contribution is 2.46. The lowest BCUT2D eigenvalue weighted by Crippen LogP contribution is -2.57. The summed E-state index contributed by atoms with van der Waals surface area (Å²) in [4.78, 5) is 15.9. The van der Waals surface area contributed by atoms with Gasteiger partial charge in [0.25, 0.3) is 0 Å². The van der Waals surface area contributed by atoms with Crippen LogP contribution in [-0.4, -0.2) is 63.8 Å². The highest BCUT2D eigenvalue weighted by Gasteiger charge is 2.49. The lowest BCUT2D eigenvalue weighted by molar-refractivity contribution is -0.106. The Hall–Kier alpha value is -3.70. The first-order chi connectivity index (χ1) is 16.3. The van der Waals surface area contributed by atoms with Crippen LogP contribution in [0.4, 0.5) is 11.4 Å². The Balaban J connectivity index is 1.93. The molecule has 0 saturated heterocycles. The average molecular weight is 469 g/mol. The predicted molar refractivity (Wildman–Crippen MR) is 123 cm³/mol. The number of nitrogens with two attached hydrogens (primary N) is 1. The number of benzene rings is 2. The zero-order valence-electron chi connectivity index (χ0n) is 19.5. The van der Waals surface area contributed by atoms with Crippen molar-refractivity contribution < 1.29 is 24.1 Å². The van der Waals surface area contributed by atoms with Gasteiger partial charge in [-0.25, -0.2) is 4.79 Å². The van der Waals surface area contributed by atoms with Crippen molar-refractivity contribution in [1.82, 2.24) is 20.2 Å². The molecule has 0 amide bonds. The van der Waals surface area contributed by atoms with E-state index in [1.54, 1.807) is 63.5 Å². The number of hydrogen-bond donors (Lipinski definition) is 2. The Morgan fingerprint density at radius 2 is 2.06 bits per heavy atom. The van der Waals surface area contributed by atoms with Crippen molar-refractivity contribution in [3.05, 3.63) is 59.4 Å². The first-order valence-corrected chi connectivity index (χ1v) is 10.7. The fourth-order valence-corrected chi connectivity index (χ4v) is 4.33. The SMILES string of the molecule is COCC1(C)Oc2ccc(N)cc2C(N(Cc2nnn(C)n2)c2ccccc2C(=O)OC)C1O. The van der Waals surface area contributed by atoms with Crippen LogP contribution >= 0.6 is 0 Å². The normalized spacial score (nSPS) is 21.4. The number of nitrogens with zero attached hydrogens (tertiary/aromatic N) is 5. The summed E-state index contributed by atoms with van der Waals surface area (Å²) in [5.74, 6) is 0.443. The van der Waals surface area contributed by atoms with E-state index in [4.69, 9.17) is 19.9 Å². The number of carbonyl (C=O) groups excluding carboxylic acids is 1. The fourth-order valence-electron chi connectivity index (χ4n) is 4.33. The summed E-state index contributed by atoms with van der Waals surface area (Å²) in [6.07, 6.45) is -1.08. The number of carbonyl (C=O) groups is 1. The minimum Gasteiger partial charge on any atom is -0.482 e. The van der Waals surface area contributed by atoms with Crippen LogP contribution < -0.4 is 15.4 Å². The number of nitrogen functional groups attached to an aromatic ring is 1. The third-order valence-electron chi connectivity index (χ3n) is 5.87. The minimum atomic E-state index is -1.09. The number of fused-ring (bicyclic) bond motifs is 1. The zero-order chi connectivity index (χ0) is 24.5. The van der Waals surface area contributed by atoms with Crippen molar-refractivity contribution in [1.29, 1.82) is 0 Å². The molecule has 2 heterocycles. The van der Waals surface area contributed by atoms with E-state index in [1.165, 1.54) is 11.9 Å². The monoisotopic (exact) mass is 468 g/mol. The second kappa shape index (κ2) is 9.27. The molecular formula is C23H28N6O5. The third kappa shape index (κ3) is 4.27. The van der Waals surface area contributed by atoms with Crippen molar-refractivity contribution in [2.75, 3.05) is 31.5 Å². The number of aryl methyl sites for hydroxylation is 1. The van der Waals surface area contributed by atoms with Crippen molar-refractivity contribution in [3.63, 3.8) is 0 Å². The van der Waals surface area contributed by atoms with E-state index in [-0.39, 0.29) is 13.2 Å². The number of tetrazole rings is 1. The molecule has 0 aliphatic carbocycles. The van der Waals surface area contributed by atoms with Crippen molar-refractivity contribution >= 4 is 17.3 Å². The number of methoxy groups -OCH3 is 2. The predicted octanol–water partition coefficient (Wildman–Crippen LogP) is 1.49. The van der Waals surface area contributed by atoms with Crippen molar-refractivity contribution in [3.8, 4) is 5.75 Å². The number of para-hydroxylation sites is 1. The summed E-state index contributed by atoms with van der Waals surface area (Å²) >= 11 is 0. The number of aliphatic hydroxyl groups excluding tert-OH is 1. The first-order valence-electron chi connectivity index (χ1n) is 10.7. The van der Waals surface area contributed by atoms with Gasteiger partial charge in [-0.2, -0.15) is 4.80 Å². The van der Waals surface area contributed by atoms with Crippen molar-refractivity contribution in [2.24, 2.45) is 7.05 Å². The van der Waals surface area contributed by atoms with E-state index in [9.17, 15) is 9.90 Å². The quantitative estimate of drug-likeness (QED) is 0.387. The molecule has 1 aliphatic rings. The Morgan fingerprint density at radius 1 is 1.29 bits per heavy atom. The molecule has 11 nitrogen and oxygen atoms in total. The number of anilines is 2. The van der Waals surface area contributed by atoms with Gasteiger partial charge >= 0.3 is 5.97 Å². The van der Waals surface area contributed by atoms with Gasteiger partial charge in [0.2, 0.25) is 0 Å². The molecule has 180 valence electrons. The second-order valence-electron chi connectivity index (χ2n) is 8.37. The number of hydrogen-bond acceptors (Lipinski definition) is 10. The molecule has 1 aliphatic heterocycles. The van der Waals surface area contributed by atoms with Gasteiger partial charge in [-0.1, -0.05) is 12.1 Å². The second-order valence-corrected chi connectivity index (χ2v) is 8.37. The van der Waals surface area contributed by atoms with Crippen LogP contribution in [0.3, 0.4) is 0 Å². The van der Waals surface area contributed by atoms with E-state index in [0.29, 0.717) is 34.1 Å². The summed E-state index contributed by atoms with van der Waals surface area (Å²) in [7, 11) is 4.53. The van der Waals surface area contributed by atoms with E-state index < -0.39 is 23.7 Å². The molecule has 11 heteroatoms. The molecule has 3 unspecified atom stereocenters. The highest BCUT2D eigenvalue weighted by molar-refractivity contribution is 5.96. The van der Waals surface area contributed by atoms with Gasteiger partial charge in [-0.15, -0.1) is 10.2 Å². The van der Waals surface area contributed by atoms with Gasteiger partial charge < -0.3 is 30.0 Å². The van der Waals surface area contributed by atoms with E-state index >= 15 is 0 Å². The topological polar surface area (TPSA) is 138 Å². The molecule has 3 atom stereocenters. The molecule has 0 saturated carbocycles. The van der Waals surface area contributed by atoms with Crippen LogP contribution in [0.25, 0.3) is 0 Å². The van der Waals surface area contributed by atoms with E-state index in [1.807, 2.05) is 4.90 Å². The summed E-state index contributed by atoms with van der Waals surface area (Å²) in [6, 6.07) is 11.6. The van der Waals surface area contributed by atoms with E-state index in [0.717, 1.165) is 0 Å². The largest absolute Gasteiger partial charge is 0.482 e. The smallest absolute Gasteiger partial charge is 0.339 e. The third-order valence-corrected chi connectivity index (χ3v) is 5.87. The van der Waals surface area contributed by atoms with Crippen LogP contribution in [0.5, 0.6) is 5.75 Å². The molecule has 4 rings (SSSR count). The first kappa shape index (κ1) is 23.5. The molecule has 34 heavy (non-hydrogen) atoms. The number of rotatable bonds is 7. The van der Waals surface area contributed by atoms with Crippen molar-refractivity contribution in [2.45, 2.75) is 31.2 Å². The maximum absolute atomic E-state index is 12.7. The number of esters is 1. The molecule has 3 N–H and O–H groups in total. The zero-order valence-corrected chi connectivity index (χ0v) is 19.5. The lowest BCUT2D eigenvalue weighted by atomic mass is 9.84. The Labute approximate surface area is 197 Å². The molecule has 0 radical (unpaired) electrons. The fraction of sp³-hybridized carbons (Fsp3) is 0.391. The highest BCUT2D eigenvalue weighted by atomic mass is 16.6. The number of aliphatic hydroxyl groups is 1. The van der Waals surface area contributed by atoms with Gasteiger partial charge in [0.05, 0.1) is 44.6 Å². The van der Waals surface area contributed by atoms with Gasteiger partial charge in [0, 0.05) is 18.4 Å².